The maximum atomic E-state index is 13.7. The van der Waals surface area contributed by atoms with Gasteiger partial charge in [-0.2, -0.15) is 0 Å². The van der Waals surface area contributed by atoms with Crippen molar-refractivity contribution in [1.29, 1.82) is 0 Å². The van der Waals surface area contributed by atoms with Crippen LogP contribution in [0.2, 0.25) is 10.0 Å². The van der Waals surface area contributed by atoms with E-state index >= 15 is 0 Å². The summed E-state index contributed by atoms with van der Waals surface area (Å²) in [5.41, 5.74) is -0.742. The number of anilines is 1. The van der Waals surface area contributed by atoms with E-state index in [2.05, 4.69) is 0 Å². The lowest BCUT2D eigenvalue weighted by molar-refractivity contribution is -0.152. The Bertz CT molecular complexity index is 1330. The van der Waals surface area contributed by atoms with E-state index in [9.17, 15) is 23.1 Å². The fourth-order valence-corrected chi connectivity index (χ4v) is 5.45. The van der Waals surface area contributed by atoms with Crippen LogP contribution in [0.5, 0.6) is 0 Å². The SMILES string of the molecule is CC(C)(C)OC(=O)CN(c1cccc2c(C(=O)O)cccc12)S(=O)(=O)c1cc(Cl)cc(Cl)c1. The molecule has 3 aromatic carbocycles. The number of ether oxygens (including phenoxy) is 1. The van der Waals surface area contributed by atoms with E-state index in [1.54, 1.807) is 32.9 Å². The average Bonchev–Trinajstić information content (AvgIpc) is 2.69. The lowest BCUT2D eigenvalue weighted by Gasteiger charge is -2.27. The molecule has 10 heteroatoms. The summed E-state index contributed by atoms with van der Waals surface area (Å²) in [4.78, 5) is 24.2. The molecule has 3 aromatic rings. The number of esters is 1. The molecule has 33 heavy (non-hydrogen) atoms. The molecule has 0 fully saturated rings. The van der Waals surface area contributed by atoms with E-state index in [1.807, 2.05) is 0 Å². The normalized spacial score (nSPS) is 11.9. The molecule has 0 aliphatic heterocycles. The molecule has 0 aromatic heterocycles. The third-order valence-corrected chi connectivity index (χ3v) is 6.69. The first kappa shape index (κ1) is 24.8. The van der Waals surface area contributed by atoms with E-state index in [4.69, 9.17) is 27.9 Å². The molecule has 0 aliphatic rings. The molecular formula is C23H21Cl2NO6S. The smallest absolute Gasteiger partial charge is 0.336 e. The first-order chi connectivity index (χ1) is 15.3. The zero-order valence-corrected chi connectivity index (χ0v) is 20.3. The van der Waals surface area contributed by atoms with Gasteiger partial charge in [0, 0.05) is 15.4 Å². The fourth-order valence-electron chi connectivity index (χ4n) is 3.29. The second-order valence-electron chi connectivity index (χ2n) is 8.19. The molecule has 7 nitrogen and oxygen atoms in total. The van der Waals surface area contributed by atoms with Gasteiger partial charge < -0.3 is 9.84 Å². The van der Waals surface area contributed by atoms with Crippen LogP contribution in [-0.4, -0.2) is 37.6 Å². The van der Waals surface area contributed by atoms with Crippen LogP contribution in [0, 0.1) is 0 Å². The van der Waals surface area contributed by atoms with E-state index in [1.165, 1.54) is 42.5 Å². The minimum Gasteiger partial charge on any atom is -0.478 e. The van der Waals surface area contributed by atoms with E-state index in [0.29, 0.717) is 10.8 Å². The van der Waals surface area contributed by atoms with Crippen molar-refractivity contribution in [3.05, 3.63) is 70.2 Å². The van der Waals surface area contributed by atoms with Crippen LogP contribution >= 0.6 is 23.2 Å². The molecule has 0 heterocycles. The summed E-state index contributed by atoms with van der Waals surface area (Å²) in [6.45, 7) is 4.34. The Hall–Kier alpha value is -2.81. The number of carbonyl (C=O) groups is 2. The Kier molecular flexibility index (Phi) is 6.93. The van der Waals surface area contributed by atoms with Gasteiger partial charge in [0.1, 0.15) is 12.1 Å². The van der Waals surface area contributed by atoms with Gasteiger partial charge in [-0.15, -0.1) is 0 Å². The Morgan fingerprint density at radius 1 is 0.970 bits per heavy atom. The van der Waals surface area contributed by atoms with Crippen molar-refractivity contribution in [3.63, 3.8) is 0 Å². The number of rotatable bonds is 6. The molecule has 3 rings (SSSR count). The molecule has 0 unspecified atom stereocenters. The maximum absolute atomic E-state index is 13.7. The summed E-state index contributed by atoms with van der Waals surface area (Å²) >= 11 is 12.1. The number of hydrogen-bond donors (Lipinski definition) is 1. The largest absolute Gasteiger partial charge is 0.478 e. The number of carboxylic acid groups (broad SMARTS) is 1. The molecule has 0 amide bonds. The van der Waals surface area contributed by atoms with Crippen molar-refractivity contribution in [2.24, 2.45) is 0 Å². The van der Waals surface area contributed by atoms with Gasteiger partial charge in [0.15, 0.2) is 0 Å². The fraction of sp³-hybridized carbons (Fsp3) is 0.217. The zero-order chi connectivity index (χ0) is 24.6. The number of halogens is 2. The topological polar surface area (TPSA) is 101 Å². The summed E-state index contributed by atoms with van der Waals surface area (Å²) in [5, 5.41) is 10.4. The molecule has 0 radical (unpaired) electrons. The number of nitrogens with zero attached hydrogens (tertiary/aromatic N) is 1. The highest BCUT2D eigenvalue weighted by molar-refractivity contribution is 7.92. The predicted molar refractivity (Wildman–Crippen MR) is 128 cm³/mol. The van der Waals surface area contributed by atoms with Crippen molar-refractivity contribution in [2.75, 3.05) is 10.8 Å². The summed E-state index contributed by atoms with van der Waals surface area (Å²) in [6, 6.07) is 12.9. The maximum Gasteiger partial charge on any atom is 0.336 e. The van der Waals surface area contributed by atoms with Crippen molar-refractivity contribution < 1.29 is 27.9 Å². The molecule has 0 atom stereocenters. The quantitative estimate of drug-likeness (QED) is 0.447. The lowest BCUT2D eigenvalue weighted by Crippen LogP contribution is -2.39. The highest BCUT2D eigenvalue weighted by Crippen LogP contribution is 2.34. The Labute approximate surface area is 201 Å². The minimum atomic E-state index is -4.36. The Morgan fingerprint density at radius 2 is 1.55 bits per heavy atom. The average molecular weight is 510 g/mol. The number of fused-ring (bicyclic) bond motifs is 1. The van der Waals surface area contributed by atoms with Crippen LogP contribution in [0.15, 0.2) is 59.5 Å². The van der Waals surface area contributed by atoms with Gasteiger partial charge in [0.25, 0.3) is 10.0 Å². The molecular weight excluding hydrogens is 489 g/mol. The molecule has 1 N–H and O–H groups in total. The zero-order valence-electron chi connectivity index (χ0n) is 18.0. The van der Waals surface area contributed by atoms with Gasteiger partial charge in [-0.1, -0.05) is 47.5 Å². The van der Waals surface area contributed by atoms with Crippen molar-refractivity contribution in [3.8, 4) is 0 Å². The number of carbonyl (C=O) groups excluding carboxylic acids is 1. The van der Waals surface area contributed by atoms with Gasteiger partial charge in [0.2, 0.25) is 0 Å². The third kappa shape index (κ3) is 5.58. The number of sulfonamides is 1. The number of hydrogen-bond acceptors (Lipinski definition) is 5. The molecule has 174 valence electrons. The van der Waals surface area contributed by atoms with Crippen molar-refractivity contribution in [2.45, 2.75) is 31.3 Å². The van der Waals surface area contributed by atoms with Gasteiger partial charge in [-0.25, -0.2) is 13.2 Å². The van der Waals surface area contributed by atoms with Crippen LogP contribution in [0.4, 0.5) is 5.69 Å². The molecule has 0 spiro atoms. The first-order valence-electron chi connectivity index (χ1n) is 9.75. The van der Waals surface area contributed by atoms with Crippen LogP contribution in [0.25, 0.3) is 10.8 Å². The second-order valence-corrected chi connectivity index (χ2v) is 10.9. The molecule has 0 saturated carbocycles. The summed E-state index contributed by atoms with van der Waals surface area (Å²) < 4.78 is 33.6. The summed E-state index contributed by atoms with van der Waals surface area (Å²) in [6.07, 6.45) is 0. The number of aromatic carboxylic acids is 1. The first-order valence-corrected chi connectivity index (χ1v) is 11.9. The van der Waals surface area contributed by atoms with Crippen molar-refractivity contribution in [1.82, 2.24) is 0 Å². The monoisotopic (exact) mass is 509 g/mol. The standard InChI is InChI=1S/C23H21Cl2NO6S/c1-23(2,3)32-21(27)13-26(33(30,31)16-11-14(24)10-15(25)12-16)20-9-5-6-17-18(20)7-4-8-19(17)22(28)29/h4-12H,13H2,1-3H3,(H,28,29). The highest BCUT2D eigenvalue weighted by Gasteiger charge is 2.31. The molecule has 0 saturated heterocycles. The number of benzene rings is 3. The van der Waals surface area contributed by atoms with Gasteiger partial charge in [-0.3, -0.25) is 9.10 Å². The highest BCUT2D eigenvalue weighted by atomic mass is 35.5. The van der Waals surface area contributed by atoms with Crippen LogP contribution < -0.4 is 4.31 Å². The van der Waals surface area contributed by atoms with Gasteiger partial charge >= 0.3 is 11.9 Å². The Balaban J connectivity index is 2.25. The van der Waals surface area contributed by atoms with Gasteiger partial charge in [0.05, 0.1) is 16.1 Å². The van der Waals surface area contributed by atoms with Crippen LogP contribution in [-0.2, 0) is 19.6 Å². The summed E-state index contributed by atoms with van der Waals surface area (Å²) in [5.74, 6) is -1.95. The number of carboxylic acids is 1. The van der Waals surface area contributed by atoms with Crippen molar-refractivity contribution >= 4 is 61.6 Å². The molecule has 0 aliphatic carbocycles. The Morgan fingerprint density at radius 3 is 2.12 bits per heavy atom. The van der Waals surface area contributed by atoms with Crippen LogP contribution in [0.1, 0.15) is 31.1 Å². The molecule has 0 bridgehead atoms. The van der Waals surface area contributed by atoms with E-state index in [0.717, 1.165) is 4.31 Å². The van der Waals surface area contributed by atoms with Gasteiger partial charge in [-0.05, 0) is 56.5 Å². The minimum absolute atomic E-state index is 0.00485. The predicted octanol–water partition coefficient (Wildman–Crippen LogP) is 5.38. The van der Waals surface area contributed by atoms with Crippen LogP contribution in [0.3, 0.4) is 0 Å². The summed E-state index contributed by atoms with van der Waals surface area (Å²) in [7, 11) is -4.36. The van der Waals surface area contributed by atoms with E-state index < -0.39 is 34.1 Å². The van der Waals surface area contributed by atoms with E-state index in [-0.39, 0.29) is 26.2 Å². The third-order valence-electron chi connectivity index (χ3n) is 4.51. The lowest BCUT2D eigenvalue weighted by atomic mass is 10.0. The second kappa shape index (κ2) is 9.21.